The van der Waals surface area contributed by atoms with Crippen molar-refractivity contribution < 1.29 is 55.3 Å². The number of fused-ring (bicyclic) bond motifs is 1. The van der Waals surface area contributed by atoms with Gasteiger partial charge < -0.3 is 24.3 Å². The van der Waals surface area contributed by atoms with Crippen molar-refractivity contribution in [1.82, 2.24) is 19.6 Å². The highest BCUT2D eigenvalue weighted by Gasteiger charge is 2.38. The van der Waals surface area contributed by atoms with Gasteiger partial charge in [-0.1, -0.05) is 0 Å². The van der Waals surface area contributed by atoms with E-state index in [9.17, 15) is 26.3 Å². The summed E-state index contributed by atoms with van der Waals surface area (Å²) in [7, 11) is 4.13. The van der Waals surface area contributed by atoms with Gasteiger partial charge in [0.1, 0.15) is 0 Å². The number of rotatable bonds is 7. The Morgan fingerprint density at radius 2 is 1.70 bits per heavy atom. The third-order valence-corrected chi connectivity index (χ3v) is 4.65. The quantitative estimate of drug-likeness (QED) is 0.399. The molecule has 3 rings (SSSR count). The van der Waals surface area contributed by atoms with Gasteiger partial charge in [0, 0.05) is 50.4 Å². The van der Waals surface area contributed by atoms with Crippen LogP contribution in [0.4, 0.5) is 26.3 Å². The van der Waals surface area contributed by atoms with Crippen LogP contribution in [0.15, 0.2) is 35.3 Å². The second kappa shape index (κ2) is 14.6. The van der Waals surface area contributed by atoms with Crippen molar-refractivity contribution in [2.45, 2.75) is 32.0 Å². The topological polar surface area (TPSA) is 121 Å². The van der Waals surface area contributed by atoms with Gasteiger partial charge in [0.15, 0.2) is 0 Å². The van der Waals surface area contributed by atoms with Gasteiger partial charge in [0.25, 0.3) is 0 Å². The minimum Gasteiger partial charge on any atom is -0.475 e. The maximum absolute atomic E-state index is 10.6. The number of halogens is 6. The van der Waals surface area contributed by atoms with Crippen LogP contribution in [-0.2, 0) is 34.0 Å². The third kappa shape index (κ3) is 13.1. The van der Waals surface area contributed by atoms with E-state index in [1.807, 2.05) is 18.5 Å². The summed E-state index contributed by atoms with van der Waals surface area (Å²) in [5, 5.41) is 18.7. The fraction of sp³-hybridized carbons (Fsp3) is 0.571. The number of aliphatic carboxylic acids is 2. The van der Waals surface area contributed by atoms with Crippen LogP contribution in [0.25, 0.3) is 0 Å². The first-order valence-electron chi connectivity index (χ1n) is 10.7. The Morgan fingerprint density at radius 3 is 2.19 bits per heavy atom. The first-order valence-corrected chi connectivity index (χ1v) is 10.7. The molecule has 0 aromatic carbocycles. The summed E-state index contributed by atoms with van der Waals surface area (Å²) in [6.07, 6.45) is -4.72. The standard InChI is InChI=1S/C17H26N4O2.2C2HF3O2/c1-19(2)6-8-23-14-16-10-20(9-15-4-7-22-13-15)12-17-3-5-18-21(17)11-16;2*3-2(4,5)1(6)7/h3-5,7,13,16H,6,8-12,14H2,1-2H3;2*(H,6,7). The Bertz CT molecular complexity index is 922. The highest BCUT2D eigenvalue weighted by atomic mass is 19.4. The molecule has 2 aromatic heterocycles. The number of hydrogen-bond acceptors (Lipinski definition) is 7. The van der Waals surface area contributed by atoms with E-state index >= 15 is 0 Å². The van der Waals surface area contributed by atoms with E-state index in [0.717, 1.165) is 45.9 Å². The van der Waals surface area contributed by atoms with Crippen molar-refractivity contribution in [1.29, 1.82) is 0 Å². The molecular formula is C21H28F6N4O6. The van der Waals surface area contributed by atoms with Crippen molar-refractivity contribution in [2.24, 2.45) is 5.92 Å². The number of carboxylic acids is 2. The molecule has 1 atom stereocenters. The molecule has 3 heterocycles. The van der Waals surface area contributed by atoms with Crippen LogP contribution in [0.1, 0.15) is 11.3 Å². The van der Waals surface area contributed by atoms with Crippen LogP contribution in [0.3, 0.4) is 0 Å². The zero-order valence-corrected chi connectivity index (χ0v) is 20.0. The van der Waals surface area contributed by atoms with Gasteiger partial charge in [0.05, 0.1) is 31.4 Å². The number of likely N-dealkylation sites (N-methyl/N-ethyl adjacent to an activating group) is 1. The van der Waals surface area contributed by atoms with Crippen molar-refractivity contribution in [3.05, 3.63) is 42.1 Å². The number of aromatic nitrogens is 2. The van der Waals surface area contributed by atoms with Gasteiger partial charge in [0.2, 0.25) is 0 Å². The molecule has 0 saturated carbocycles. The molecule has 37 heavy (non-hydrogen) atoms. The molecule has 1 aliphatic rings. The molecule has 0 fully saturated rings. The largest absolute Gasteiger partial charge is 0.490 e. The van der Waals surface area contributed by atoms with E-state index in [1.54, 1.807) is 6.26 Å². The van der Waals surface area contributed by atoms with Gasteiger partial charge in [-0.25, -0.2) is 9.59 Å². The lowest BCUT2D eigenvalue weighted by Crippen LogP contribution is -2.30. The number of hydrogen-bond donors (Lipinski definition) is 2. The van der Waals surface area contributed by atoms with Gasteiger partial charge in [-0.2, -0.15) is 31.4 Å². The zero-order valence-electron chi connectivity index (χ0n) is 20.0. The molecule has 16 heteroatoms. The minimum absolute atomic E-state index is 0.449. The number of carbonyl (C=O) groups is 2. The second-order valence-electron chi connectivity index (χ2n) is 8.16. The van der Waals surface area contributed by atoms with Crippen molar-refractivity contribution in [3.8, 4) is 0 Å². The molecule has 210 valence electrons. The van der Waals surface area contributed by atoms with E-state index in [-0.39, 0.29) is 0 Å². The highest BCUT2D eigenvalue weighted by molar-refractivity contribution is 5.73. The summed E-state index contributed by atoms with van der Waals surface area (Å²) in [5.41, 5.74) is 2.48. The fourth-order valence-electron chi connectivity index (χ4n) is 2.98. The lowest BCUT2D eigenvalue weighted by Gasteiger charge is -2.23. The third-order valence-electron chi connectivity index (χ3n) is 4.65. The van der Waals surface area contributed by atoms with Crippen LogP contribution >= 0.6 is 0 Å². The molecule has 0 bridgehead atoms. The zero-order chi connectivity index (χ0) is 28.2. The maximum Gasteiger partial charge on any atom is 0.490 e. The van der Waals surface area contributed by atoms with Crippen molar-refractivity contribution in [3.63, 3.8) is 0 Å². The first-order chi connectivity index (χ1) is 17.1. The molecule has 0 amide bonds. The number of carboxylic acid groups (broad SMARTS) is 2. The lowest BCUT2D eigenvalue weighted by atomic mass is 10.1. The average Bonchev–Trinajstić information content (AvgIpc) is 3.40. The summed E-state index contributed by atoms with van der Waals surface area (Å²) in [4.78, 5) is 22.4. The molecule has 10 nitrogen and oxygen atoms in total. The normalized spacial score (nSPS) is 16.1. The van der Waals surface area contributed by atoms with Crippen LogP contribution in [0, 0.1) is 5.92 Å². The maximum atomic E-state index is 10.6. The predicted octanol–water partition coefficient (Wildman–Crippen LogP) is 2.95. The van der Waals surface area contributed by atoms with Gasteiger partial charge in [-0.05, 0) is 26.2 Å². The van der Waals surface area contributed by atoms with Crippen LogP contribution in [0.5, 0.6) is 0 Å². The minimum atomic E-state index is -5.08. The molecule has 1 aliphatic heterocycles. The number of furan rings is 1. The predicted molar refractivity (Wildman–Crippen MR) is 115 cm³/mol. The van der Waals surface area contributed by atoms with E-state index in [0.29, 0.717) is 5.92 Å². The van der Waals surface area contributed by atoms with Gasteiger partial charge in [-0.3, -0.25) is 9.58 Å². The lowest BCUT2D eigenvalue weighted by molar-refractivity contribution is -0.193. The molecular weight excluding hydrogens is 518 g/mol. The summed E-state index contributed by atoms with van der Waals surface area (Å²) in [6.45, 7) is 6.25. The van der Waals surface area contributed by atoms with Crippen molar-refractivity contribution >= 4 is 11.9 Å². The Balaban J connectivity index is 0.000000404. The second-order valence-corrected chi connectivity index (χ2v) is 8.16. The summed E-state index contributed by atoms with van der Waals surface area (Å²) < 4.78 is 76.7. The fourth-order valence-corrected chi connectivity index (χ4v) is 2.98. The van der Waals surface area contributed by atoms with Crippen LogP contribution in [-0.4, -0.2) is 94.5 Å². The van der Waals surface area contributed by atoms with E-state index in [2.05, 4.69) is 39.7 Å². The highest BCUT2D eigenvalue weighted by Crippen LogP contribution is 2.19. The molecule has 0 radical (unpaired) electrons. The van der Waals surface area contributed by atoms with Crippen LogP contribution < -0.4 is 0 Å². The number of ether oxygens (including phenoxy) is 1. The summed E-state index contributed by atoms with van der Waals surface area (Å²) in [5.74, 6) is -5.06. The van der Waals surface area contributed by atoms with Gasteiger partial charge in [-0.15, -0.1) is 0 Å². The summed E-state index contributed by atoms with van der Waals surface area (Å²) >= 11 is 0. The molecule has 1 unspecified atom stereocenters. The molecule has 0 aliphatic carbocycles. The Labute approximate surface area is 208 Å². The van der Waals surface area contributed by atoms with E-state index in [1.165, 1.54) is 11.3 Å². The van der Waals surface area contributed by atoms with Gasteiger partial charge >= 0.3 is 24.3 Å². The molecule has 0 saturated heterocycles. The van der Waals surface area contributed by atoms with E-state index < -0.39 is 24.3 Å². The number of alkyl halides is 6. The number of nitrogens with zero attached hydrogens (tertiary/aromatic N) is 4. The van der Waals surface area contributed by atoms with Crippen LogP contribution in [0.2, 0.25) is 0 Å². The first kappa shape index (κ1) is 31.9. The average molecular weight is 546 g/mol. The molecule has 2 aromatic rings. The summed E-state index contributed by atoms with van der Waals surface area (Å²) in [6, 6.07) is 4.14. The smallest absolute Gasteiger partial charge is 0.475 e. The Morgan fingerprint density at radius 1 is 1.11 bits per heavy atom. The monoisotopic (exact) mass is 546 g/mol. The van der Waals surface area contributed by atoms with Crippen molar-refractivity contribution in [2.75, 3.05) is 40.4 Å². The Hall–Kier alpha value is -3.11. The molecule has 2 N–H and O–H groups in total. The Kier molecular flexibility index (Phi) is 12.6. The SMILES string of the molecule is CN(C)CCOCC1CN(Cc2ccoc2)Cc2ccnn2C1.O=C(O)C(F)(F)F.O=C(O)C(F)(F)F. The molecule has 0 spiro atoms. The van der Waals surface area contributed by atoms with E-state index in [4.69, 9.17) is 29.0 Å².